The fourth-order valence-electron chi connectivity index (χ4n) is 0.458. The molecule has 0 rings (SSSR count). The van der Waals surface area contributed by atoms with Crippen LogP contribution in [0.5, 0.6) is 0 Å². The molecule has 64 valence electrons. The molecule has 0 aromatic carbocycles. The van der Waals surface area contributed by atoms with E-state index in [0.29, 0.717) is 6.42 Å². The van der Waals surface area contributed by atoms with Crippen molar-refractivity contribution >= 4 is 5.97 Å². The quantitative estimate of drug-likeness (QED) is 0.249. The molecule has 0 radical (unpaired) electrons. The molecule has 0 atom stereocenters. The molecule has 0 fully saturated rings. The molecule has 0 heterocycles. The van der Waals surface area contributed by atoms with Crippen molar-refractivity contribution in [3.8, 4) is 0 Å². The summed E-state index contributed by atoms with van der Waals surface area (Å²) in [6.07, 6.45) is 0.442. The Bertz CT molecular complexity index is 146. The number of ether oxygens (including phenoxy) is 1. The molecule has 0 aromatic rings. The number of hydrogen-bond acceptors (Lipinski definition) is 5. The van der Waals surface area contributed by atoms with Crippen LogP contribution in [-0.4, -0.2) is 24.8 Å². The molecular formula is C5H9NO5. The number of esters is 1. The van der Waals surface area contributed by atoms with E-state index in [9.17, 15) is 14.9 Å². The molecule has 0 unspecified atom stereocenters. The van der Waals surface area contributed by atoms with E-state index >= 15 is 0 Å². The van der Waals surface area contributed by atoms with Gasteiger partial charge in [-0.25, -0.2) is 0 Å². The Morgan fingerprint density at radius 1 is 1.64 bits per heavy atom. The van der Waals surface area contributed by atoms with Gasteiger partial charge in [-0.05, 0) is 6.42 Å². The van der Waals surface area contributed by atoms with E-state index in [2.05, 4.69) is 9.57 Å². The molecule has 0 saturated carbocycles. The Kier molecular flexibility index (Phi) is 4.80. The minimum absolute atomic E-state index is 0.0674. The minimum Gasteiger partial charge on any atom is -0.469 e. The van der Waals surface area contributed by atoms with Crippen molar-refractivity contribution < 1.29 is 19.5 Å². The zero-order chi connectivity index (χ0) is 8.69. The van der Waals surface area contributed by atoms with Crippen molar-refractivity contribution in [2.45, 2.75) is 12.8 Å². The number of rotatable bonds is 5. The highest BCUT2D eigenvalue weighted by molar-refractivity contribution is 5.68. The molecule has 0 aliphatic carbocycles. The maximum absolute atomic E-state index is 10.4. The van der Waals surface area contributed by atoms with Gasteiger partial charge in [0, 0.05) is 6.42 Å². The summed E-state index contributed by atoms with van der Waals surface area (Å²) in [5.74, 6) is -0.392. The fourth-order valence-corrected chi connectivity index (χ4v) is 0.458. The van der Waals surface area contributed by atoms with Crippen LogP contribution in [0.4, 0.5) is 0 Å². The molecule has 0 aliphatic heterocycles. The van der Waals surface area contributed by atoms with E-state index in [1.54, 1.807) is 0 Å². The second-order valence-electron chi connectivity index (χ2n) is 1.74. The summed E-state index contributed by atoms with van der Waals surface area (Å²) >= 11 is 0. The van der Waals surface area contributed by atoms with Gasteiger partial charge in [0.25, 0.3) is 5.09 Å². The summed E-state index contributed by atoms with van der Waals surface area (Å²) < 4.78 is 4.29. The van der Waals surface area contributed by atoms with Crippen LogP contribution in [0.1, 0.15) is 12.8 Å². The molecular weight excluding hydrogens is 154 g/mol. The summed E-state index contributed by atoms with van der Waals surface area (Å²) in [5, 5.41) is 8.69. The molecule has 0 aliphatic rings. The van der Waals surface area contributed by atoms with Crippen molar-refractivity contribution in [2.75, 3.05) is 13.7 Å². The summed E-state index contributed by atoms with van der Waals surface area (Å²) in [4.78, 5) is 23.9. The summed E-state index contributed by atoms with van der Waals surface area (Å²) in [6, 6.07) is 0. The Morgan fingerprint density at radius 3 is 2.73 bits per heavy atom. The van der Waals surface area contributed by atoms with E-state index in [-0.39, 0.29) is 13.0 Å². The Hall–Kier alpha value is -1.33. The molecule has 0 saturated heterocycles. The topological polar surface area (TPSA) is 78.7 Å². The van der Waals surface area contributed by atoms with Crippen molar-refractivity contribution in [3.63, 3.8) is 0 Å². The van der Waals surface area contributed by atoms with Gasteiger partial charge in [-0.15, -0.1) is 10.1 Å². The highest BCUT2D eigenvalue weighted by Crippen LogP contribution is 1.91. The molecule has 0 spiro atoms. The van der Waals surface area contributed by atoms with Gasteiger partial charge in [0.2, 0.25) is 0 Å². The number of methoxy groups -OCH3 is 1. The van der Waals surface area contributed by atoms with Crippen molar-refractivity contribution in [1.82, 2.24) is 0 Å². The predicted molar refractivity (Wildman–Crippen MR) is 34.2 cm³/mol. The van der Waals surface area contributed by atoms with Gasteiger partial charge < -0.3 is 9.57 Å². The van der Waals surface area contributed by atoms with Crippen LogP contribution >= 0.6 is 0 Å². The van der Waals surface area contributed by atoms with Gasteiger partial charge in [-0.1, -0.05) is 0 Å². The smallest absolute Gasteiger partial charge is 0.305 e. The first-order chi connectivity index (χ1) is 5.16. The average molecular weight is 163 g/mol. The summed E-state index contributed by atoms with van der Waals surface area (Å²) in [6.45, 7) is -0.0674. The normalized spacial score (nSPS) is 8.82. The first kappa shape index (κ1) is 9.67. The van der Waals surface area contributed by atoms with Gasteiger partial charge in [-0.3, -0.25) is 4.79 Å². The van der Waals surface area contributed by atoms with Gasteiger partial charge in [0.1, 0.15) is 0 Å². The van der Waals surface area contributed by atoms with Crippen LogP contribution in [0, 0.1) is 10.1 Å². The number of hydrogen-bond donors (Lipinski definition) is 0. The predicted octanol–water partition coefficient (Wildman–Crippen LogP) is 0.148. The average Bonchev–Trinajstić information content (AvgIpc) is 1.97. The van der Waals surface area contributed by atoms with Crippen molar-refractivity contribution in [2.24, 2.45) is 0 Å². The largest absolute Gasteiger partial charge is 0.469 e. The SMILES string of the molecule is COC(=O)CCCO[N+](=O)[O-]. The van der Waals surface area contributed by atoms with Crippen molar-refractivity contribution in [3.05, 3.63) is 10.1 Å². The lowest BCUT2D eigenvalue weighted by atomic mass is 10.3. The lowest BCUT2D eigenvalue weighted by molar-refractivity contribution is -0.757. The van der Waals surface area contributed by atoms with Gasteiger partial charge >= 0.3 is 5.97 Å². The van der Waals surface area contributed by atoms with E-state index in [1.165, 1.54) is 7.11 Å². The zero-order valence-electron chi connectivity index (χ0n) is 6.11. The van der Waals surface area contributed by atoms with Crippen LogP contribution in [0.25, 0.3) is 0 Å². The lowest BCUT2D eigenvalue weighted by Gasteiger charge is -1.97. The van der Waals surface area contributed by atoms with Gasteiger partial charge in [0.15, 0.2) is 0 Å². The molecule has 0 amide bonds. The number of nitrogens with zero attached hydrogens (tertiary/aromatic N) is 1. The molecule has 0 bridgehead atoms. The summed E-state index contributed by atoms with van der Waals surface area (Å²) in [5.41, 5.74) is 0. The van der Waals surface area contributed by atoms with Crippen LogP contribution in [-0.2, 0) is 14.4 Å². The lowest BCUT2D eigenvalue weighted by Crippen LogP contribution is -2.06. The first-order valence-corrected chi connectivity index (χ1v) is 3.01. The molecule has 0 N–H and O–H groups in total. The highest BCUT2D eigenvalue weighted by atomic mass is 16.9. The molecule has 11 heavy (non-hydrogen) atoms. The van der Waals surface area contributed by atoms with E-state index in [0.717, 1.165) is 0 Å². The molecule has 0 aromatic heterocycles. The van der Waals surface area contributed by atoms with Gasteiger partial charge in [0.05, 0.1) is 13.7 Å². The minimum atomic E-state index is -0.892. The fraction of sp³-hybridized carbons (Fsp3) is 0.800. The highest BCUT2D eigenvalue weighted by Gasteiger charge is 2.00. The van der Waals surface area contributed by atoms with E-state index < -0.39 is 11.1 Å². The number of carbonyl (C=O) groups is 1. The monoisotopic (exact) mass is 163 g/mol. The molecule has 6 nitrogen and oxygen atoms in total. The standard InChI is InChI=1S/C5H9NO5/c1-10-5(7)3-2-4-11-6(8)9/h2-4H2,1H3. The third-order valence-corrected chi connectivity index (χ3v) is 0.950. The maximum atomic E-state index is 10.4. The Labute approximate surface area is 63.2 Å². The Balaban J connectivity index is 3.14. The van der Waals surface area contributed by atoms with Crippen LogP contribution in [0.3, 0.4) is 0 Å². The van der Waals surface area contributed by atoms with Gasteiger partial charge in [-0.2, -0.15) is 0 Å². The summed E-state index contributed by atoms with van der Waals surface area (Å²) in [7, 11) is 1.26. The van der Waals surface area contributed by atoms with Crippen LogP contribution in [0.15, 0.2) is 0 Å². The number of carbonyl (C=O) groups excluding carboxylic acids is 1. The van der Waals surface area contributed by atoms with Crippen LogP contribution in [0.2, 0.25) is 0 Å². The maximum Gasteiger partial charge on any atom is 0.305 e. The third-order valence-electron chi connectivity index (χ3n) is 0.950. The molecule has 6 heteroatoms. The first-order valence-electron chi connectivity index (χ1n) is 3.01. The van der Waals surface area contributed by atoms with E-state index in [1.807, 2.05) is 0 Å². The third kappa shape index (κ3) is 6.56. The Morgan fingerprint density at radius 2 is 2.27 bits per heavy atom. The van der Waals surface area contributed by atoms with Crippen molar-refractivity contribution in [1.29, 1.82) is 0 Å². The van der Waals surface area contributed by atoms with Crippen LogP contribution < -0.4 is 0 Å². The zero-order valence-corrected chi connectivity index (χ0v) is 6.11. The second-order valence-corrected chi connectivity index (χ2v) is 1.74. The second kappa shape index (κ2) is 5.45. The van der Waals surface area contributed by atoms with E-state index in [4.69, 9.17) is 0 Å².